The molecule has 144 valence electrons. The van der Waals surface area contributed by atoms with E-state index in [1.165, 1.54) is 6.92 Å². The topological polar surface area (TPSA) is 58.6 Å². The Hall–Kier alpha value is -2.04. The maximum absolute atomic E-state index is 13.1. The highest BCUT2D eigenvalue weighted by Gasteiger charge is 2.41. The van der Waals surface area contributed by atoms with Gasteiger partial charge in [0.05, 0.1) is 12.5 Å². The lowest BCUT2D eigenvalue weighted by Gasteiger charge is -2.28. The predicted octanol–water partition coefficient (Wildman–Crippen LogP) is 3.24. The molecule has 1 fully saturated rings. The molecule has 5 nitrogen and oxygen atoms in total. The van der Waals surface area contributed by atoms with Crippen LogP contribution in [0.4, 0.5) is 0 Å². The van der Waals surface area contributed by atoms with Gasteiger partial charge in [-0.15, -0.1) is 0 Å². The van der Waals surface area contributed by atoms with Crippen LogP contribution in [0.2, 0.25) is 0 Å². The van der Waals surface area contributed by atoms with Crippen LogP contribution in [0.25, 0.3) is 0 Å². The molecule has 0 radical (unpaired) electrons. The van der Waals surface area contributed by atoms with Gasteiger partial charge in [0, 0.05) is 26.1 Å². The number of hydrogen-bond acceptors (Lipinski definition) is 3. The predicted molar refractivity (Wildman–Crippen MR) is 103 cm³/mol. The van der Waals surface area contributed by atoms with Crippen LogP contribution in [0.1, 0.15) is 46.5 Å². The van der Waals surface area contributed by atoms with Crippen molar-refractivity contribution in [2.45, 2.75) is 52.5 Å². The molecular formula is C21H32N2O3. The van der Waals surface area contributed by atoms with E-state index in [4.69, 9.17) is 4.74 Å². The second-order valence-electron chi connectivity index (χ2n) is 7.20. The zero-order valence-electron chi connectivity index (χ0n) is 16.2. The molecule has 0 spiro atoms. The van der Waals surface area contributed by atoms with E-state index in [1.54, 1.807) is 0 Å². The molecule has 2 amide bonds. The molecule has 0 unspecified atom stereocenters. The van der Waals surface area contributed by atoms with Crippen LogP contribution in [0.5, 0.6) is 5.75 Å². The van der Waals surface area contributed by atoms with Crippen molar-refractivity contribution in [1.29, 1.82) is 0 Å². The lowest BCUT2D eigenvalue weighted by atomic mass is 10.0. The van der Waals surface area contributed by atoms with Crippen molar-refractivity contribution in [3.05, 3.63) is 30.3 Å². The van der Waals surface area contributed by atoms with E-state index in [-0.39, 0.29) is 29.7 Å². The van der Waals surface area contributed by atoms with Crippen LogP contribution in [-0.4, -0.2) is 42.5 Å². The first-order chi connectivity index (χ1) is 12.5. The van der Waals surface area contributed by atoms with Gasteiger partial charge >= 0.3 is 0 Å². The molecule has 1 aromatic carbocycles. The molecule has 1 aromatic rings. The molecule has 1 aliphatic rings. The minimum atomic E-state index is -0.152. The summed E-state index contributed by atoms with van der Waals surface area (Å²) in [5.41, 5.74) is 0. The number of rotatable bonds is 9. The van der Waals surface area contributed by atoms with Crippen LogP contribution in [0.3, 0.4) is 0 Å². The van der Waals surface area contributed by atoms with E-state index in [1.807, 2.05) is 35.2 Å². The fourth-order valence-electron chi connectivity index (χ4n) is 3.81. The van der Waals surface area contributed by atoms with E-state index in [0.717, 1.165) is 44.5 Å². The van der Waals surface area contributed by atoms with Crippen molar-refractivity contribution in [2.24, 2.45) is 11.8 Å². The van der Waals surface area contributed by atoms with Crippen molar-refractivity contribution in [3.63, 3.8) is 0 Å². The number of amides is 2. The Morgan fingerprint density at radius 2 is 1.77 bits per heavy atom. The van der Waals surface area contributed by atoms with Crippen LogP contribution in [0, 0.1) is 11.8 Å². The molecule has 5 heteroatoms. The highest BCUT2D eigenvalue weighted by atomic mass is 16.5. The molecule has 0 saturated heterocycles. The standard InChI is InChI=1S/C21H32N2O3/c1-4-11-23(12-5-2)21(25)19-13-17(14-20(19)22-16(3)24)15-26-18-9-7-6-8-10-18/h6-10,17,19-20H,4-5,11-15H2,1-3H3,(H,22,24)/t17-,19-,20-/m1/s1. The Morgan fingerprint density at radius 3 is 2.35 bits per heavy atom. The number of nitrogens with zero attached hydrogens (tertiary/aromatic N) is 1. The highest BCUT2D eigenvalue weighted by molar-refractivity contribution is 5.81. The van der Waals surface area contributed by atoms with Crippen LogP contribution < -0.4 is 10.1 Å². The SMILES string of the molecule is CCCN(CCC)C(=O)[C@@H]1C[C@@H](COc2ccccc2)C[C@H]1NC(C)=O. The Bertz CT molecular complexity index is 570. The van der Waals surface area contributed by atoms with Crippen LogP contribution >= 0.6 is 0 Å². The number of hydrogen-bond donors (Lipinski definition) is 1. The number of para-hydroxylation sites is 1. The van der Waals surface area contributed by atoms with Crippen molar-refractivity contribution >= 4 is 11.8 Å². The number of nitrogens with one attached hydrogen (secondary N) is 1. The number of carbonyl (C=O) groups excluding carboxylic acids is 2. The number of carbonyl (C=O) groups is 2. The molecule has 1 saturated carbocycles. The lowest BCUT2D eigenvalue weighted by molar-refractivity contribution is -0.136. The molecule has 0 heterocycles. The van der Waals surface area contributed by atoms with Crippen LogP contribution in [0.15, 0.2) is 30.3 Å². The molecular weight excluding hydrogens is 328 g/mol. The van der Waals surface area contributed by atoms with Crippen molar-refractivity contribution in [2.75, 3.05) is 19.7 Å². The monoisotopic (exact) mass is 360 g/mol. The Labute approximate surface area is 157 Å². The summed E-state index contributed by atoms with van der Waals surface area (Å²) in [4.78, 5) is 26.6. The average Bonchev–Trinajstić information content (AvgIpc) is 3.02. The highest BCUT2D eigenvalue weighted by Crippen LogP contribution is 2.33. The van der Waals surface area contributed by atoms with Gasteiger partial charge in [-0.1, -0.05) is 32.0 Å². The van der Waals surface area contributed by atoms with E-state index in [2.05, 4.69) is 19.2 Å². The molecule has 1 N–H and O–H groups in total. The van der Waals surface area contributed by atoms with Gasteiger partial charge in [0.1, 0.15) is 5.75 Å². The summed E-state index contributed by atoms with van der Waals surface area (Å²) < 4.78 is 5.89. The average molecular weight is 360 g/mol. The van der Waals surface area contributed by atoms with E-state index >= 15 is 0 Å². The van der Waals surface area contributed by atoms with Gasteiger partial charge in [-0.2, -0.15) is 0 Å². The summed E-state index contributed by atoms with van der Waals surface area (Å²) in [6.07, 6.45) is 3.45. The zero-order chi connectivity index (χ0) is 18.9. The number of ether oxygens (including phenoxy) is 1. The van der Waals surface area contributed by atoms with Gasteiger partial charge in [-0.3, -0.25) is 9.59 Å². The van der Waals surface area contributed by atoms with Gasteiger partial charge in [-0.05, 0) is 43.7 Å². The second-order valence-corrected chi connectivity index (χ2v) is 7.20. The lowest BCUT2D eigenvalue weighted by Crippen LogP contribution is -2.45. The normalized spacial score (nSPS) is 22.0. The minimum absolute atomic E-state index is 0.0741. The first-order valence-electron chi connectivity index (χ1n) is 9.78. The maximum atomic E-state index is 13.1. The van der Waals surface area contributed by atoms with Gasteiger partial charge in [-0.25, -0.2) is 0 Å². The molecule has 2 rings (SSSR count). The largest absolute Gasteiger partial charge is 0.493 e. The third-order valence-corrected chi connectivity index (χ3v) is 4.89. The van der Waals surface area contributed by atoms with E-state index in [0.29, 0.717) is 6.61 Å². The fraction of sp³-hybridized carbons (Fsp3) is 0.619. The Kier molecular flexibility index (Phi) is 7.95. The van der Waals surface area contributed by atoms with Crippen molar-refractivity contribution in [3.8, 4) is 5.75 Å². The van der Waals surface area contributed by atoms with Crippen molar-refractivity contribution < 1.29 is 14.3 Å². The first kappa shape index (κ1) is 20.3. The third-order valence-electron chi connectivity index (χ3n) is 4.89. The van der Waals surface area contributed by atoms with Gasteiger partial charge in [0.15, 0.2) is 0 Å². The minimum Gasteiger partial charge on any atom is -0.493 e. The van der Waals surface area contributed by atoms with Gasteiger partial charge < -0.3 is 15.0 Å². The van der Waals surface area contributed by atoms with Gasteiger partial charge in [0.2, 0.25) is 11.8 Å². The quantitative estimate of drug-likeness (QED) is 0.735. The summed E-state index contributed by atoms with van der Waals surface area (Å²) in [6, 6.07) is 9.63. The summed E-state index contributed by atoms with van der Waals surface area (Å²) >= 11 is 0. The Balaban J connectivity index is 2.02. The van der Waals surface area contributed by atoms with Gasteiger partial charge in [0.25, 0.3) is 0 Å². The fourth-order valence-corrected chi connectivity index (χ4v) is 3.81. The summed E-state index contributed by atoms with van der Waals surface area (Å²) in [5.74, 6) is 1.06. The smallest absolute Gasteiger partial charge is 0.227 e. The molecule has 0 aromatic heterocycles. The second kappa shape index (κ2) is 10.2. The summed E-state index contributed by atoms with van der Waals surface area (Å²) in [7, 11) is 0. The molecule has 26 heavy (non-hydrogen) atoms. The molecule has 0 bridgehead atoms. The molecule has 0 aliphatic heterocycles. The third kappa shape index (κ3) is 5.75. The van der Waals surface area contributed by atoms with E-state index < -0.39 is 0 Å². The maximum Gasteiger partial charge on any atom is 0.227 e. The van der Waals surface area contributed by atoms with Crippen LogP contribution in [-0.2, 0) is 9.59 Å². The Morgan fingerprint density at radius 1 is 1.12 bits per heavy atom. The first-order valence-corrected chi connectivity index (χ1v) is 9.78. The number of benzene rings is 1. The summed E-state index contributed by atoms with van der Waals surface area (Å²) in [6.45, 7) is 7.83. The summed E-state index contributed by atoms with van der Waals surface area (Å²) in [5, 5.41) is 3.00. The zero-order valence-corrected chi connectivity index (χ0v) is 16.2. The molecule has 1 aliphatic carbocycles. The molecule has 3 atom stereocenters. The van der Waals surface area contributed by atoms with Crippen molar-refractivity contribution in [1.82, 2.24) is 10.2 Å². The van der Waals surface area contributed by atoms with E-state index in [9.17, 15) is 9.59 Å².